The Morgan fingerprint density at radius 1 is 1.07 bits per heavy atom. The van der Waals surface area contributed by atoms with Crippen LogP contribution in [0.25, 0.3) is 6.08 Å². The highest BCUT2D eigenvalue weighted by atomic mass is 79.9. The van der Waals surface area contributed by atoms with Gasteiger partial charge >= 0.3 is 0 Å². The third-order valence-electron chi connectivity index (χ3n) is 3.75. The molecule has 28 heavy (non-hydrogen) atoms. The van der Waals surface area contributed by atoms with Crippen molar-refractivity contribution in [3.05, 3.63) is 88.4 Å². The molecule has 0 saturated heterocycles. The number of rotatable bonds is 6. The van der Waals surface area contributed by atoms with E-state index in [4.69, 9.17) is 9.15 Å². The van der Waals surface area contributed by atoms with E-state index >= 15 is 0 Å². The first kappa shape index (κ1) is 19.4. The quantitative estimate of drug-likeness (QED) is 0.554. The molecule has 1 aromatic heterocycles. The van der Waals surface area contributed by atoms with Crippen molar-refractivity contribution in [3.63, 3.8) is 0 Å². The summed E-state index contributed by atoms with van der Waals surface area (Å²) in [7, 11) is 1.57. The lowest BCUT2D eigenvalue weighted by Gasteiger charge is -2.11. The SMILES string of the molecule is COc1ccc(/C=C(\NC(=O)c2ccco2)C(=O)Nc2cccc(Br)c2)cc1. The van der Waals surface area contributed by atoms with Gasteiger partial charge in [-0.1, -0.05) is 34.1 Å². The molecule has 142 valence electrons. The molecule has 7 heteroatoms. The Morgan fingerprint density at radius 2 is 1.86 bits per heavy atom. The zero-order valence-electron chi connectivity index (χ0n) is 14.9. The van der Waals surface area contributed by atoms with Crippen LogP contribution in [0.15, 0.2) is 81.5 Å². The number of ether oxygens (including phenoxy) is 1. The topological polar surface area (TPSA) is 80.6 Å². The third kappa shape index (κ3) is 5.11. The lowest BCUT2D eigenvalue weighted by molar-refractivity contribution is -0.113. The second-order valence-corrected chi connectivity index (χ2v) is 6.64. The van der Waals surface area contributed by atoms with Crippen LogP contribution in [0.2, 0.25) is 0 Å². The van der Waals surface area contributed by atoms with E-state index in [1.165, 1.54) is 12.3 Å². The lowest BCUT2D eigenvalue weighted by Crippen LogP contribution is -2.30. The highest BCUT2D eigenvalue weighted by Gasteiger charge is 2.16. The molecule has 3 rings (SSSR count). The summed E-state index contributed by atoms with van der Waals surface area (Å²) in [5, 5.41) is 5.37. The normalized spacial score (nSPS) is 11.0. The van der Waals surface area contributed by atoms with E-state index in [9.17, 15) is 9.59 Å². The summed E-state index contributed by atoms with van der Waals surface area (Å²) < 4.78 is 11.1. The number of carbonyl (C=O) groups is 2. The van der Waals surface area contributed by atoms with Crippen molar-refractivity contribution in [1.82, 2.24) is 5.32 Å². The number of amides is 2. The van der Waals surface area contributed by atoms with Gasteiger partial charge < -0.3 is 19.8 Å². The van der Waals surface area contributed by atoms with Crippen molar-refractivity contribution < 1.29 is 18.7 Å². The summed E-state index contributed by atoms with van der Waals surface area (Å²) >= 11 is 3.36. The number of halogens is 1. The van der Waals surface area contributed by atoms with Crippen molar-refractivity contribution in [2.75, 3.05) is 12.4 Å². The lowest BCUT2D eigenvalue weighted by atomic mass is 10.1. The van der Waals surface area contributed by atoms with Gasteiger partial charge in [-0.15, -0.1) is 0 Å². The van der Waals surface area contributed by atoms with E-state index in [-0.39, 0.29) is 11.5 Å². The van der Waals surface area contributed by atoms with Crippen molar-refractivity contribution >= 4 is 39.5 Å². The van der Waals surface area contributed by atoms with E-state index in [0.29, 0.717) is 11.4 Å². The average Bonchev–Trinajstić information content (AvgIpc) is 3.23. The first-order valence-electron chi connectivity index (χ1n) is 8.32. The molecule has 0 radical (unpaired) electrons. The maximum atomic E-state index is 12.8. The van der Waals surface area contributed by atoms with Crippen LogP contribution in [0.4, 0.5) is 5.69 Å². The van der Waals surface area contributed by atoms with E-state index in [0.717, 1.165) is 10.0 Å². The van der Waals surface area contributed by atoms with Crippen LogP contribution >= 0.6 is 15.9 Å². The fraction of sp³-hybridized carbons (Fsp3) is 0.0476. The van der Waals surface area contributed by atoms with Crippen LogP contribution in [-0.4, -0.2) is 18.9 Å². The molecule has 0 aliphatic carbocycles. The fourth-order valence-electron chi connectivity index (χ4n) is 2.38. The summed E-state index contributed by atoms with van der Waals surface area (Å²) in [6.45, 7) is 0. The van der Waals surface area contributed by atoms with Gasteiger partial charge in [-0.05, 0) is 54.1 Å². The second-order valence-electron chi connectivity index (χ2n) is 5.73. The second kappa shape index (κ2) is 9.05. The van der Waals surface area contributed by atoms with E-state index in [2.05, 4.69) is 26.6 Å². The van der Waals surface area contributed by atoms with Crippen LogP contribution < -0.4 is 15.4 Å². The predicted octanol–water partition coefficient (Wildman–Crippen LogP) is 4.46. The zero-order chi connectivity index (χ0) is 19.9. The molecule has 0 unspecified atom stereocenters. The van der Waals surface area contributed by atoms with Gasteiger partial charge in [0.25, 0.3) is 11.8 Å². The van der Waals surface area contributed by atoms with Crippen LogP contribution in [-0.2, 0) is 4.79 Å². The Hall–Kier alpha value is -3.32. The Morgan fingerprint density at radius 3 is 2.50 bits per heavy atom. The molecule has 0 atom stereocenters. The fourth-order valence-corrected chi connectivity index (χ4v) is 2.78. The molecule has 0 fully saturated rings. The van der Waals surface area contributed by atoms with Crippen molar-refractivity contribution in [3.8, 4) is 5.75 Å². The standard InChI is InChI=1S/C21H17BrN2O4/c1-27-17-9-7-14(8-10-17)12-18(24-21(26)19-6-3-11-28-19)20(25)23-16-5-2-4-15(22)13-16/h2-13H,1H3,(H,23,25)(H,24,26)/b18-12-. The number of nitrogens with one attached hydrogen (secondary N) is 2. The first-order valence-corrected chi connectivity index (χ1v) is 9.12. The smallest absolute Gasteiger partial charge is 0.291 e. The molecule has 0 aliphatic rings. The number of carbonyl (C=O) groups excluding carboxylic acids is 2. The van der Waals surface area contributed by atoms with Gasteiger partial charge in [0, 0.05) is 10.2 Å². The number of hydrogen-bond donors (Lipinski definition) is 2. The molecule has 2 amide bonds. The van der Waals surface area contributed by atoms with Crippen molar-refractivity contribution in [2.45, 2.75) is 0 Å². The third-order valence-corrected chi connectivity index (χ3v) is 4.24. The minimum absolute atomic E-state index is 0.0755. The van der Waals surface area contributed by atoms with Gasteiger partial charge in [0.05, 0.1) is 13.4 Å². The van der Waals surface area contributed by atoms with Crippen molar-refractivity contribution in [2.24, 2.45) is 0 Å². The number of methoxy groups -OCH3 is 1. The molecule has 1 heterocycles. The number of hydrogen-bond acceptors (Lipinski definition) is 4. The van der Waals surface area contributed by atoms with Crippen LogP contribution in [0.5, 0.6) is 5.75 Å². The summed E-state index contributed by atoms with van der Waals surface area (Å²) in [6, 6.07) is 17.4. The van der Waals surface area contributed by atoms with E-state index in [1.54, 1.807) is 61.7 Å². The van der Waals surface area contributed by atoms with Gasteiger partial charge in [-0.2, -0.15) is 0 Å². The molecule has 0 bridgehead atoms. The van der Waals surface area contributed by atoms with Gasteiger partial charge in [0.15, 0.2) is 5.76 Å². The molecule has 0 aliphatic heterocycles. The monoisotopic (exact) mass is 440 g/mol. The van der Waals surface area contributed by atoms with Gasteiger partial charge in [-0.3, -0.25) is 9.59 Å². The molecule has 2 N–H and O–H groups in total. The van der Waals surface area contributed by atoms with Crippen LogP contribution in [0, 0.1) is 0 Å². The Bertz CT molecular complexity index is 996. The number of anilines is 1. The number of benzene rings is 2. The molecule has 2 aromatic carbocycles. The molecular formula is C21H17BrN2O4. The molecule has 6 nitrogen and oxygen atoms in total. The highest BCUT2D eigenvalue weighted by Crippen LogP contribution is 2.18. The Kier molecular flexibility index (Phi) is 6.29. The zero-order valence-corrected chi connectivity index (χ0v) is 16.5. The number of furan rings is 1. The van der Waals surface area contributed by atoms with Crippen molar-refractivity contribution in [1.29, 1.82) is 0 Å². The minimum atomic E-state index is -0.519. The van der Waals surface area contributed by atoms with Gasteiger partial charge in [0.2, 0.25) is 0 Å². The maximum absolute atomic E-state index is 12.8. The van der Waals surface area contributed by atoms with Crippen LogP contribution in [0.1, 0.15) is 16.1 Å². The summed E-state index contributed by atoms with van der Waals surface area (Å²) in [5.41, 5.74) is 1.39. The van der Waals surface area contributed by atoms with E-state index < -0.39 is 11.8 Å². The largest absolute Gasteiger partial charge is 0.497 e. The Balaban J connectivity index is 1.87. The highest BCUT2D eigenvalue weighted by molar-refractivity contribution is 9.10. The average molecular weight is 441 g/mol. The van der Waals surface area contributed by atoms with Gasteiger partial charge in [0.1, 0.15) is 11.4 Å². The summed E-state index contributed by atoms with van der Waals surface area (Å²) in [5.74, 6) is -0.184. The predicted molar refractivity (Wildman–Crippen MR) is 110 cm³/mol. The minimum Gasteiger partial charge on any atom is -0.497 e. The molecule has 3 aromatic rings. The first-order chi connectivity index (χ1) is 13.5. The van der Waals surface area contributed by atoms with E-state index in [1.807, 2.05) is 6.07 Å². The van der Waals surface area contributed by atoms with Gasteiger partial charge in [-0.25, -0.2) is 0 Å². The maximum Gasteiger partial charge on any atom is 0.291 e. The molecule has 0 spiro atoms. The Labute approximate surface area is 170 Å². The van der Waals surface area contributed by atoms with Crippen LogP contribution in [0.3, 0.4) is 0 Å². The summed E-state index contributed by atoms with van der Waals surface area (Å²) in [4.78, 5) is 25.2. The molecular weight excluding hydrogens is 424 g/mol. The summed E-state index contributed by atoms with van der Waals surface area (Å²) in [6.07, 6.45) is 2.97. The molecule has 0 saturated carbocycles.